The molecule has 0 spiro atoms. The van der Waals surface area contributed by atoms with Crippen LogP contribution in [-0.2, 0) is 4.79 Å². The molecule has 0 saturated carbocycles. The lowest BCUT2D eigenvalue weighted by atomic mass is 10.1. The molecule has 0 aliphatic carbocycles. The van der Waals surface area contributed by atoms with E-state index in [-0.39, 0.29) is 18.9 Å². The fourth-order valence-electron chi connectivity index (χ4n) is 1.41. The number of carboxylic acid groups (broad SMARTS) is 1. The molecule has 0 radical (unpaired) electrons. The second kappa shape index (κ2) is 6.00. The zero-order valence-corrected chi connectivity index (χ0v) is 9.51. The summed E-state index contributed by atoms with van der Waals surface area (Å²) < 4.78 is 0. The zero-order chi connectivity index (χ0) is 12.8. The number of carboxylic acids is 1. The van der Waals surface area contributed by atoms with E-state index in [2.05, 4.69) is 5.32 Å². The maximum atomic E-state index is 11.7. The third kappa shape index (κ3) is 4.24. The van der Waals surface area contributed by atoms with Gasteiger partial charge in [-0.2, -0.15) is 0 Å². The molecule has 1 atom stereocenters. The topological polar surface area (TPSA) is 86.6 Å². The van der Waals surface area contributed by atoms with Gasteiger partial charge in [0.25, 0.3) is 5.91 Å². The fourth-order valence-corrected chi connectivity index (χ4v) is 1.41. The molecule has 92 valence electrons. The van der Waals surface area contributed by atoms with Gasteiger partial charge in [-0.3, -0.25) is 9.59 Å². The second-order valence-corrected chi connectivity index (χ2v) is 3.78. The summed E-state index contributed by atoms with van der Waals surface area (Å²) in [4.78, 5) is 22.0. The van der Waals surface area contributed by atoms with Gasteiger partial charge in [0.1, 0.15) is 0 Å². The third-order valence-electron chi connectivity index (χ3n) is 2.30. The van der Waals surface area contributed by atoms with Crippen LogP contribution in [0.25, 0.3) is 0 Å². The maximum Gasteiger partial charge on any atom is 0.306 e. The van der Waals surface area contributed by atoms with Crippen LogP contribution in [0.1, 0.15) is 22.3 Å². The first-order chi connectivity index (χ1) is 8.00. The van der Waals surface area contributed by atoms with E-state index < -0.39 is 12.1 Å². The number of benzene rings is 1. The summed E-state index contributed by atoms with van der Waals surface area (Å²) >= 11 is 0. The molecule has 17 heavy (non-hydrogen) atoms. The highest BCUT2D eigenvalue weighted by atomic mass is 16.4. The number of aliphatic hydroxyl groups excluding tert-OH is 1. The predicted molar refractivity (Wildman–Crippen MR) is 61.8 cm³/mol. The number of aryl methyl sites for hydroxylation is 1. The molecule has 1 aromatic carbocycles. The van der Waals surface area contributed by atoms with Gasteiger partial charge in [0.2, 0.25) is 0 Å². The van der Waals surface area contributed by atoms with E-state index in [9.17, 15) is 14.7 Å². The quantitative estimate of drug-likeness (QED) is 0.698. The van der Waals surface area contributed by atoms with E-state index in [1.807, 2.05) is 19.1 Å². The van der Waals surface area contributed by atoms with Gasteiger partial charge in [-0.15, -0.1) is 0 Å². The Morgan fingerprint density at radius 2 is 2.00 bits per heavy atom. The molecule has 1 amide bonds. The Bertz CT molecular complexity index is 417. The normalized spacial score (nSPS) is 11.9. The number of aliphatic hydroxyl groups is 1. The van der Waals surface area contributed by atoms with Crippen LogP contribution in [0, 0.1) is 6.92 Å². The van der Waals surface area contributed by atoms with Gasteiger partial charge in [0.15, 0.2) is 0 Å². The molecule has 5 nitrogen and oxygen atoms in total. The van der Waals surface area contributed by atoms with Crippen molar-refractivity contribution in [3.8, 4) is 0 Å². The first-order valence-electron chi connectivity index (χ1n) is 5.24. The van der Waals surface area contributed by atoms with E-state index in [1.165, 1.54) is 0 Å². The Morgan fingerprint density at radius 1 is 1.35 bits per heavy atom. The van der Waals surface area contributed by atoms with Gasteiger partial charge in [-0.1, -0.05) is 18.2 Å². The van der Waals surface area contributed by atoms with Crippen molar-refractivity contribution in [3.63, 3.8) is 0 Å². The largest absolute Gasteiger partial charge is 0.481 e. The summed E-state index contributed by atoms with van der Waals surface area (Å²) in [6, 6.07) is 7.05. The van der Waals surface area contributed by atoms with E-state index >= 15 is 0 Å². The minimum atomic E-state index is -1.09. The molecule has 0 bridgehead atoms. The van der Waals surface area contributed by atoms with Crippen molar-refractivity contribution in [1.82, 2.24) is 5.32 Å². The molecular formula is C12H15NO4. The van der Waals surface area contributed by atoms with Gasteiger partial charge in [0, 0.05) is 12.1 Å². The van der Waals surface area contributed by atoms with Crippen LogP contribution in [0.15, 0.2) is 24.3 Å². The lowest BCUT2D eigenvalue weighted by Crippen LogP contribution is -2.33. The lowest BCUT2D eigenvalue weighted by Gasteiger charge is -2.10. The Labute approximate surface area is 99.1 Å². The van der Waals surface area contributed by atoms with E-state index in [0.717, 1.165) is 5.56 Å². The predicted octanol–water partition coefficient (Wildman–Crippen LogP) is 0.560. The van der Waals surface area contributed by atoms with Crippen molar-refractivity contribution in [3.05, 3.63) is 35.4 Å². The standard InChI is InChI=1S/C12H15NO4/c1-8-4-2-3-5-10(8)12(17)13-7-9(14)6-11(15)16/h2-5,9,14H,6-7H2,1H3,(H,13,17)(H,15,16). The van der Waals surface area contributed by atoms with Crippen LogP contribution >= 0.6 is 0 Å². The smallest absolute Gasteiger partial charge is 0.306 e. The maximum absolute atomic E-state index is 11.7. The van der Waals surface area contributed by atoms with E-state index in [1.54, 1.807) is 12.1 Å². The molecule has 0 heterocycles. The summed E-state index contributed by atoms with van der Waals surface area (Å²) in [6.07, 6.45) is -1.45. The highest BCUT2D eigenvalue weighted by Crippen LogP contribution is 2.06. The molecule has 3 N–H and O–H groups in total. The molecule has 1 rings (SSSR count). The Hall–Kier alpha value is -1.88. The number of rotatable bonds is 5. The summed E-state index contributed by atoms with van der Waals surface area (Å²) in [5.41, 5.74) is 1.35. The lowest BCUT2D eigenvalue weighted by molar-refractivity contribution is -0.139. The Balaban J connectivity index is 2.51. The monoisotopic (exact) mass is 237 g/mol. The van der Waals surface area contributed by atoms with Gasteiger partial charge in [-0.05, 0) is 18.6 Å². The van der Waals surface area contributed by atoms with Gasteiger partial charge < -0.3 is 15.5 Å². The van der Waals surface area contributed by atoms with Crippen molar-refractivity contribution >= 4 is 11.9 Å². The minimum absolute atomic E-state index is 0.0700. The number of nitrogens with one attached hydrogen (secondary N) is 1. The molecule has 0 aromatic heterocycles. The minimum Gasteiger partial charge on any atom is -0.481 e. The molecule has 1 unspecified atom stereocenters. The van der Waals surface area contributed by atoms with Crippen molar-refractivity contribution in [1.29, 1.82) is 0 Å². The first-order valence-corrected chi connectivity index (χ1v) is 5.24. The van der Waals surface area contributed by atoms with Crippen LogP contribution in [0.5, 0.6) is 0 Å². The van der Waals surface area contributed by atoms with Crippen molar-refractivity contribution in [2.45, 2.75) is 19.4 Å². The number of amides is 1. The van der Waals surface area contributed by atoms with Crippen LogP contribution in [0.4, 0.5) is 0 Å². The SMILES string of the molecule is Cc1ccccc1C(=O)NCC(O)CC(=O)O. The van der Waals surface area contributed by atoms with Crippen LogP contribution in [0.2, 0.25) is 0 Å². The fraction of sp³-hybridized carbons (Fsp3) is 0.333. The molecule has 5 heteroatoms. The third-order valence-corrected chi connectivity index (χ3v) is 2.30. The average Bonchev–Trinajstić information content (AvgIpc) is 2.25. The molecule has 0 saturated heterocycles. The van der Waals surface area contributed by atoms with Gasteiger partial charge in [-0.25, -0.2) is 0 Å². The molecule has 0 fully saturated rings. The molecule has 1 aromatic rings. The second-order valence-electron chi connectivity index (χ2n) is 3.78. The number of hydrogen-bond acceptors (Lipinski definition) is 3. The van der Waals surface area contributed by atoms with Gasteiger partial charge >= 0.3 is 5.97 Å². The van der Waals surface area contributed by atoms with Gasteiger partial charge in [0.05, 0.1) is 12.5 Å². The molecule has 0 aliphatic heterocycles. The van der Waals surface area contributed by atoms with Crippen LogP contribution in [0.3, 0.4) is 0 Å². The van der Waals surface area contributed by atoms with Crippen molar-refractivity contribution < 1.29 is 19.8 Å². The summed E-state index contributed by atoms with van der Waals surface area (Å²) in [5, 5.41) is 20.2. The highest BCUT2D eigenvalue weighted by molar-refractivity contribution is 5.95. The summed E-state index contributed by atoms with van der Waals surface area (Å²) in [5.74, 6) is -1.41. The first kappa shape index (κ1) is 13.2. The zero-order valence-electron chi connectivity index (χ0n) is 9.51. The average molecular weight is 237 g/mol. The van der Waals surface area contributed by atoms with Crippen LogP contribution in [-0.4, -0.2) is 34.7 Å². The van der Waals surface area contributed by atoms with Crippen molar-refractivity contribution in [2.24, 2.45) is 0 Å². The number of carbonyl (C=O) groups is 2. The highest BCUT2D eigenvalue weighted by Gasteiger charge is 2.12. The molecular weight excluding hydrogens is 222 g/mol. The summed E-state index contributed by atoms with van der Waals surface area (Å²) in [7, 11) is 0. The van der Waals surface area contributed by atoms with E-state index in [4.69, 9.17) is 5.11 Å². The van der Waals surface area contributed by atoms with Crippen LogP contribution < -0.4 is 5.32 Å². The van der Waals surface area contributed by atoms with Crippen molar-refractivity contribution in [2.75, 3.05) is 6.54 Å². The summed E-state index contributed by atoms with van der Waals surface area (Å²) in [6.45, 7) is 1.74. The number of hydrogen-bond donors (Lipinski definition) is 3. The Kier molecular flexibility index (Phi) is 4.66. The number of carbonyl (C=O) groups excluding carboxylic acids is 1. The molecule has 0 aliphatic rings. The number of aliphatic carboxylic acids is 1. The van der Waals surface area contributed by atoms with E-state index in [0.29, 0.717) is 5.56 Å². The Morgan fingerprint density at radius 3 is 2.59 bits per heavy atom.